The number of aryl methyl sites for hydroxylation is 1. The first-order chi connectivity index (χ1) is 12.0. The molecule has 0 spiro atoms. The van der Waals surface area contributed by atoms with Crippen molar-refractivity contribution >= 4 is 53.3 Å². The van der Waals surface area contributed by atoms with Crippen LogP contribution < -0.4 is 0 Å². The van der Waals surface area contributed by atoms with Gasteiger partial charge in [-0.3, -0.25) is 0 Å². The molecule has 0 amide bonds. The molecule has 1 nitrogen and oxygen atoms in total. The maximum Gasteiger partial charge on any atom is 0.0526 e. The molecule has 0 N–H and O–H groups in total. The molecule has 0 saturated carbocycles. The average Bonchev–Trinajstić information content (AvgIpc) is 3.10. The Morgan fingerprint density at radius 2 is 1.52 bits per heavy atom. The fraction of sp³-hybridized carbons (Fsp3) is 0.217. The molecule has 0 saturated heterocycles. The van der Waals surface area contributed by atoms with Crippen LogP contribution in [0, 0.1) is 0 Å². The number of rotatable bonds is 0. The summed E-state index contributed by atoms with van der Waals surface area (Å²) in [4.78, 5) is 0. The highest BCUT2D eigenvalue weighted by atomic mass is 32.1. The van der Waals surface area contributed by atoms with Gasteiger partial charge in [-0.05, 0) is 29.2 Å². The summed E-state index contributed by atoms with van der Waals surface area (Å²) in [6.07, 6.45) is 0. The molecule has 0 atom stereocenters. The number of benzene rings is 3. The highest BCUT2D eigenvalue weighted by Crippen LogP contribution is 2.43. The van der Waals surface area contributed by atoms with Crippen LogP contribution in [0.3, 0.4) is 0 Å². The molecule has 5 rings (SSSR count). The van der Waals surface area contributed by atoms with Crippen LogP contribution >= 0.6 is 11.3 Å². The summed E-state index contributed by atoms with van der Waals surface area (Å²) in [6, 6.07) is 20.2. The molecule has 2 aromatic heterocycles. The second-order valence-corrected chi connectivity index (χ2v) is 9.03. The van der Waals surface area contributed by atoms with E-state index >= 15 is 0 Å². The Bertz CT molecular complexity index is 1280. The summed E-state index contributed by atoms with van der Waals surface area (Å²) in [5, 5.41) is 5.56. The lowest BCUT2D eigenvalue weighted by molar-refractivity contribution is 0.593. The molecule has 0 aliphatic carbocycles. The summed E-state index contributed by atoms with van der Waals surface area (Å²) in [5.41, 5.74) is 4.23. The quantitative estimate of drug-likeness (QED) is 0.285. The fourth-order valence-corrected chi connectivity index (χ4v) is 5.30. The first kappa shape index (κ1) is 15.0. The Balaban J connectivity index is 2.11. The van der Waals surface area contributed by atoms with Crippen LogP contribution in [0.1, 0.15) is 26.3 Å². The van der Waals surface area contributed by atoms with Crippen molar-refractivity contribution in [3.05, 3.63) is 60.2 Å². The molecule has 0 unspecified atom stereocenters. The smallest absolute Gasteiger partial charge is 0.0526 e. The molecule has 2 heterocycles. The minimum atomic E-state index is 0.122. The SMILES string of the molecule is Cn1c2ccc3sc4ccccc4c3c2c2cccc(C(C)(C)C)c21. The van der Waals surface area contributed by atoms with Crippen LogP contribution in [0.15, 0.2) is 54.6 Å². The third-order valence-corrected chi connectivity index (χ3v) is 6.47. The van der Waals surface area contributed by atoms with Gasteiger partial charge in [0.1, 0.15) is 0 Å². The van der Waals surface area contributed by atoms with E-state index in [4.69, 9.17) is 0 Å². The normalized spacial score (nSPS) is 12.8. The fourth-order valence-electron chi connectivity index (χ4n) is 4.19. The van der Waals surface area contributed by atoms with Gasteiger partial charge in [0.2, 0.25) is 0 Å². The Hall–Kier alpha value is -2.32. The Labute approximate surface area is 151 Å². The highest BCUT2D eigenvalue weighted by molar-refractivity contribution is 7.26. The maximum atomic E-state index is 2.39. The third kappa shape index (κ3) is 1.95. The lowest BCUT2D eigenvalue weighted by atomic mass is 9.85. The number of hydrogen-bond acceptors (Lipinski definition) is 1. The summed E-state index contributed by atoms with van der Waals surface area (Å²) in [5.74, 6) is 0. The van der Waals surface area contributed by atoms with E-state index in [-0.39, 0.29) is 5.41 Å². The summed E-state index contributed by atoms with van der Waals surface area (Å²) in [7, 11) is 2.21. The zero-order valence-corrected chi connectivity index (χ0v) is 15.9. The molecule has 0 fully saturated rings. The van der Waals surface area contributed by atoms with E-state index in [1.54, 1.807) is 0 Å². The van der Waals surface area contributed by atoms with Gasteiger partial charge in [-0.25, -0.2) is 0 Å². The number of thiophene rings is 1. The van der Waals surface area contributed by atoms with Crippen molar-refractivity contribution in [2.75, 3.05) is 0 Å². The van der Waals surface area contributed by atoms with Crippen LogP contribution in [0.5, 0.6) is 0 Å². The van der Waals surface area contributed by atoms with Crippen molar-refractivity contribution in [2.45, 2.75) is 26.2 Å². The van der Waals surface area contributed by atoms with E-state index in [0.717, 1.165) is 0 Å². The minimum absolute atomic E-state index is 0.122. The lowest BCUT2D eigenvalue weighted by Crippen LogP contribution is -2.12. The molecule has 0 radical (unpaired) electrons. The van der Waals surface area contributed by atoms with Crippen molar-refractivity contribution in [3.8, 4) is 0 Å². The summed E-state index contributed by atoms with van der Waals surface area (Å²) >= 11 is 1.89. The predicted molar refractivity (Wildman–Crippen MR) is 112 cm³/mol. The molecule has 0 aliphatic rings. The number of fused-ring (bicyclic) bond motifs is 7. The number of para-hydroxylation sites is 1. The highest BCUT2D eigenvalue weighted by Gasteiger charge is 2.22. The largest absolute Gasteiger partial charge is 0.343 e. The molecule has 0 aliphatic heterocycles. The number of hydrogen-bond donors (Lipinski definition) is 0. The van der Waals surface area contributed by atoms with E-state index in [1.807, 2.05) is 11.3 Å². The standard InChI is InChI=1S/C23H21NS/c1-23(2,3)16-10-7-9-15-20-17(24(4)22(15)16)12-13-19-21(20)14-8-5-6-11-18(14)25-19/h5-13H,1-4H3. The van der Waals surface area contributed by atoms with Gasteiger partial charge in [0.05, 0.1) is 5.52 Å². The van der Waals surface area contributed by atoms with Gasteiger partial charge in [0, 0.05) is 43.5 Å². The zero-order chi connectivity index (χ0) is 17.3. The molecular weight excluding hydrogens is 322 g/mol. The van der Waals surface area contributed by atoms with E-state index in [0.29, 0.717) is 0 Å². The molecule has 0 bridgehead atoms. The van der Waals surface area contributed by atoms with E-state index in [2.05, 4.69) is 87.0 Å². The first-order valence-electron chi connectivity index (χ1n) is 8.78. The monoisotopic (exact) mass is 343 g/mol. The Morgan fingerprint density at radius 1 is 0.760 bits per heavy atom. The third-order valence-electron chi connectivity index (χ3n) is 5.33. The van der Waals surface area contributed by atoms with Gasteiger partial charge >= 0.3 is 0 Å². The van der Waals surface area contributed by atoms with E-state index < -0.39 is 0 Å². The molecular formula is C23H21NS. The number of nitrogens with zero attached hydrogens (tertiary/aromatic N) is 1. The van der Waals surface area contributed by atoms with Crippen LogP contribution in [-0.2, 0) is 12.5 Å². The van der Waals surface area contributed by atoms with Crippen LogP contribution in [0.4, 0.5) is 0 Å². The molecule has 5 aromatic rings. The van der Waals surface area contributed by atoms with Crippen molar-refractivity contribution in [1.29, 1.82) is 0 Å². The molecule has 25 heavy (non-hydrogen) atoms. The van der Waals surface area contributed by atoms with Crippen molar-refractivity contribution in [1.82, 2.24) is 4.57 Å². The molecule has 3 aromatic carbocycles. The van der Waals surface area contributed by atoms with Gasteiger partial charge in [0.15, 0.2) is 0 Å². The molecule has 2 heteroatoms. The van der Waals surface area contributed by atoms with E-state index in [1.165, 1.54) is 47.5 Å². The summed E-state index contributed by atoms with van der Waals surface area (Å²) < 4.78 is 5.13. The lowest BCUT2D eigenvalue weighted by Gasteiger charge is -2.21. The van der Waals surface area contributed by atoms with Crippen LogP contribution in [0.2, 0.25) is 0 Å². The van der Waals surface area contributed by atoms with Crippen molar-refractivity contribution < 1.29 is 0 Å². The number of aromatic nitrogens is 1. The van der Waals surface area contributed by atoms with Gasteiger partial charge in [-0.15, -0.1) is 11.3 Å². The van der Waals surface area contributed by atoms with Crippen LogP contribution in [0.25, 0.3) is 42.0 Å². The van der Waals surface area contributed by atoms with Gasteiger partial charge in [-0.2, -0.15) is 0 Å². The van der Waals surface area contributed by atoms with Crippen LogP contribution in [-0.4, -0.2) is 4.57 Å². The average molecular weight is 343 g/mol. The van der Waals surface area contributed by atoms with Gasteiger partial charge < -0.3 is 4.57 Å². The second kappa shape index (κ2) is 4.86. The Kier molecular flexibility index (Phi) is 2.91. The van der Waals surface area contributed by atoms with Gasteiger partial charge in [-0.1, -0.05) is 57.2 Å². The van der Waals surface area contributed by atoms with Crippen molar-refractivity contribution in [2.24, 2.45) is 7.05 Å². The predicted octanol–water partition coefficient (Wildman–Crippen LogP) is 7.00. The summed E-state index contributed by atoms with van der Waals surface area (Å²) in [6.45, 7) is 6.90. The van der Waals surface area contributed by atoms with Gasteiger partial charge in [0.25, 0.3) is 0 Å². The molecule has 124 valence electrons. The van der Waals surface area contributed by atoms with Crippen molar-refractivity contribution in [3.63, 3.8) is 0 Å². The second-order valence-electron chi connectivity index (χ2n) is 7.94. The Morgan fingerprint density at radius 3 is 2.32 bits per heavy atom. The zero-order valence-electron chi connectivity index (χ0n) is 15.1. The minimum Gasteiger partial charge on any atom is -0.343 e. The maximum absolute atomic E-state index is 2.39. The topological polar surface area (TPSA) is 4.93 Å². The van der Waals surface area contributed by atoms with E-state index in [9.17, 15) is 0 Å². The first-order valence-corrected chi connectivity index (χ1v) is 9.60.